The number of hydrogen-bond acceptors (Lipinski definition) is 2. The van der Waals surface area contributed by atoms with Gasteiger partial charge in [-0.25, -0.2) is 4.39 Å². The largest absolute Gasteiger partial charge is 0.321 e. The molecule has 0 radical (unpaired) electrons. The average Bonchev–Trinajstić information content (AvgIpc) is 2.57. The fourth-order valence-corrected chi connectivity index (χ4v) is 2.53. The second-order valence-corrected chi connectivity index (χ2v) is 5.13. The number of nitrogens with one attached hydrogen (secondary N) is 1. The zero-order valence-corrected chi connectivity index (χ0v) is 12.5. The van der Waals surface area contributed by atoms with Crippen LogP contribution in [0.5, 0.6) is 0 Å². The summed E-state index contributed by atoms with van der Waals surface area (Å²) in [5.41, 5.74) is 0.551. The highest BCUT2D eigenvalue weighted by molar-refractivity contribution is 6.05. The molecule has 116 valence electrons. The van der Waals surface area contributed by atoms with Crippen molar-refractivity contribution in [2.24, 2.45) is 0 Å². The summed E-state index contributed by atoms with van der Waals surface area (Å²) in [5, 5.41) is 3.98. The molecular formula is C18H15FN2O2. The lowest BCUT2D eigenvalue weighted by atomic mass is 10.1. The summed E-state index contributed by atoms with van der Waals surface area (Å²) in [6.45, 7) is 2.20. The van der Waals surface area contributed by atoms with Crippen molar-refractivity contribution in [3.63, 3.8) is 0 Å². The Hall–Kier alpha value is -2.95. The summed E-state index contributed by atoms with van der Waals surface area (Å²) in [4.78, 5) is 25.0. The molecule has 3 rings (SSSR count). The number of fused-ring (bicyclic) bond motifs is 1. The van der Waals surface area contributed by atoms with Gasteiger partial charge < -0.3 is 9.88 Å². The van der Waals surface area contributed by atoms with E-state index in [1.807, 2.05) is 13.0 Å². The first kappa shape index (κ1) is 15.0. The van der Waals surface area contributed by atoms with Crippen LogP contribution >= 0.6 is 0 Å². The van der Waals surface area contributed by atoms with Crippen LogP contribution in [0.15, 0.2) is 59.4 Å². The molecule has 5 heteroatoms. The summed E-state index contributed by atoms with van der Waals surface area (Å²) in [5.74, 6) is -0.777. The van der Waals surface area contributed by atoms with Gasteiger partial charge in [0.15, 0.2) is 0 Å². The fourth-order valence-electron chi connectivity index (χ4n) is 2.53. The van der Waals surface area contributed by atoms with E-state index in [2.05, 4.69) is 5.32 Å². The van der Waals surface area contributed by atoms with Crippen LogP contribution in [-0.4, -0.2) is 10.5 Å². The van der Waals surface area contributed by atoms with Crippen molar-refractivity contribution in [3.05, 3.63) is 76.5 Å². The van der Waals surface area contributed by atoms with Crippen molar-refractivity contribution in [3.8, 4) is 0 Å². The van der Waals surface area contributed by atoms with Crippen LogP contribution in [-0.2, 0) is 6.54 Å². The Morgan fingerprint density at radius 1 is 1.13 bits per heavy atom. The third kappa shape index (κ3) is 2.85. The second-order valence-electron chi connectivity index (χ2n) is 5.13. The first-order chi connectivity index (χ1) is 11.1. The number of anilines is 1. The molecule has 2 aromatic carbocycles. The van der Waals surface area contributed by atoms with Crippen LogP contribution in [0.4, 0.5) is 10.1 Å². The quantitative estimate of drug-likeness (QED) is 0.806. The molecule has 3 aromatic rings. The van der Waals surface area contributed by atoms with Crippen LogP contribution in [0.25, 0.3) is 10.8 Å². The van der Waals surface area contributed by atoms with Gasteiger partial charge in [-0.15, -0.1) is 0 Å². The third-order valence-electron chi connectivity index (χ3n) is 3.67. The summed E-state index contributed by atoms with van der Waals surface area (Å²) in [6, 6.07) is 14.3. The summed E-state index contributed by atoms with van der Waals surface area (Å²) in [7, 11) is 0. The minimum Gasteiger partial charge on any atom is -0.321 e. The number of rotatable bonds is 3. The normalized spacial score (nSPS) is 10.7. The maximum Gasteiger partial charge on any atom is 0.272 e. The molecule has 0 fully saturated rings. The highest BCUT2D eigenvalue weighted by Crippen LogP contribution is 2.15. The Morgan fingerprint density at radius 2 is 1.83 bits per heavy atom. The Kier molecular flexibility index (Phi) is 3.93. The number of carbonyl (C=O) groups is 1. The van der Waals surface area contributed by atoms with Gasteiger partial charge in [0.2, 0.25) is 0 Å². The summed E-state index contributed by atoms with van der Waals surface area (Å²) in [6.07, 6.45) is 0. The van der Waals surface area contributed by atoms with E-state index >= 15 is 0 Å². The van der Waals surface area contributed by atoms with Crippen LogP contribution in [0.3, 0.4) is 0 Å². The SMILES string of the molecule is CCn1c(C(=O)Nc2ccc(F)cc2)cc2ccccc2c1=O. The highest BCUT2D eigenvalue weighted by atomic mass is 19.1. The molecule has 0 spiro atoms. The van der Waals surface area contributed by atoms with Gasteiger partial charge in [0.1, 0.15) is 11.5 Å². The van der Waals surface area contributed by atoms with Crippen molar-refractivity contribution >= 4 is 22.4 Å². The molecule has 1 heterocycles. The van der Waals surface area contributed by atoms with Gasteiger partial charge in [0, 0.05) is 17.6 Å². The topological polar surface area (TPSA) is 51.1 Å². The minimum atomic E-state index is -0.402. The molecule has 0 saturated carbocycles. The van der Waals surface area contributed by atoms with Gasteiger partial charge in [-0.3, -0.25) is 9.59 Å². The van der Waals surface area contributed by atoms with Crippen LogP contribution in [0.1, 0.15) is 17.4 Å². The van der Waals surface area contributed by atoms with Gasteiger partial charge in [-0.05, 0) is 48.7 Å². The lowest BCUT2D eigenvalue weighted by Gasteiger charge is -2.13. The number of benzene rings is 2. The highest BCUT2D eigenvalue weighted by Gasteiger charge is 2.14. The Balaban J connectivity index is 2.06. The van der Waals surface area contributed by atoms with E-state index in [4.69, 9.17) is 0 Å². The van der Waals surface area contributed by atoms with Crippen molar-refractivity contribution in [2.45, 2.75) is 13.5 Å². The second kappa shape index (κ2) is 6.04. The number of amides is 1. The zero-order chi connectivity index (χ0) is 16.4. The van der Waals surface area contributed by atoms with Crippen LogP contribution < -0.4 is 10.9 Å². The number of pyridine rings is 1. The maximum atomic E-state index is 12.9. The molecule has 0 unspecified atom stereocenters. The standard InChI is InChI=1S/C18H15FN2O2/c1-2-21-16(11-12-5-3-4-6-15(12)18(21)23)17(22)20-14-9-7-13(19)8-10-14/h3-11H,2H2,1H3,(H,20,22). The maximum absolute atomic E-state index is 12.9. The molecular weight excluding hydrogens is 295 g/mol. The average molecular weight is 310 g/mol. The molecule has 0 aliphatic heterocycles. The first-order valence-corrected chi connectivity index (χ1v) is 7.29. The van der Waals surface area contributed by atoms with Crippen molar-refractivity contribution in [2.75, 3.05) is 5.32 Å². The van der Waals surface area contributed by atoms with Crippen molar-refractivity contribution in [1.29, 1.82) is 0 Å². The van der Waals surface area contributed by atoms with Crippen LogP contribution in [0, 0.1) is 5.82 Å². The van der Waals surface area contributed by atoms with Gasteiger partial charge >= 0.3 is 0 Å². The lowest BCUT2D eigenvalue weighted by molar-refractivity contribution is 0.101. The number of hydrogen-bond donors (Lipinski definition) is 1. The van der Waals surface area contributed by atoms with Crippen LogP contribution in [0.2, 0.25) is 0 Å². The summed E-state index contributed by atoms with van der Waals surface area (Å²) < 4.78 is 14.4. The number of nitrogens with zero attached hydrogens (tertiary/aromatic N) is 1. The molecule has 4 nitrogen and oxygen atoms in total. The van der Waals surface area contributed by atoms with E-state index in [9.17, 15) is 14.0 Å². The van der Waals surface area contributed by atoms with Gasteiger partial charge in [-0.1, -0.05) is 18.2 Å². The van der Waals surface area contributed by atoms with E-state index in [1.165, 1.54) is 28.8 Å². The van der Waals surface area contributed by atoms with E-state index in [0.29, 0.717) is 23.0 Å². The molecule has 0 atom stereocenters. The molecule has 1 aromatic heterocycles. The van der Waals surface area contributed by atoms with Gasteiger partial charge in [0.25, 0.3) is 11.5 Å². The van der Waals surface area contributed by atoms with E-state index in [1.54, 1.807) is 24.3 Å². The first-order valence-electron chi connectivity index (χ1n) is 7.29. The molecule has 1 N–H and O–H groups in total. The molecule has 0 saturated heterocycles. The number of carbonyl (C=O) groups excluding carboxylic acids is 1. The number of halogens is 1. The van der Waals surface area contributed by atoms with E-state index in [0.717, 1.165) is 0 Å². The Morgan fingerprint density at radius 3 is 2.52 bits per heavy atom. The predicted octanol–water partition coefficient (Wildman–Crippen LogP) is 3.41. The van der Waals surface area contributed by atoms with E-state index in [-0.39, 0.29) is 17.1 Å². The smallest absolute Gasteiger partial charge is 0.272 e. The third-order valence-corrected chi connectivity index (χ3v) is 3.67. The Labute approximate surface area is 132 Å². The predicted molar refractivity (Wildman–Crippen MR) is 88.2 cm³/mol. The minimum absolute atomic E-state index is 0.199. The molecule has 0 aliphatic carbocycles. The van der Waals surface area contributed by atoms with Gasteiger partial charge in [-0.2, -0.15) is 0 Å². The molecule has 1 amide bonds. The van der Waals surface area contributed by atoms with Gasteiger partial charge in [0.05, 0.1) is 0 Å². The molecule has 0 bridgehead atoms. The van der Waals surface area contributed by atoms with Crippen molar-refractivity contribution < 1.29 is 9.18 Å². The monoisotopic (exact) mass is 310 g/mol. The lowest BCUT2D eigenvalue weighted by Crippen LogP contribution is -2.28. The van der Waals surface area contributed by atoms with E-state index < -0.39 is 5.91 Å². The Bertz CT molecular complexity index is 930. The molecule has 23 heavy (non-hydrogen) atoms. The molecule has 0 aliphatic rings. The summed E-state index contributed by atoms with van der Waals surface area (Å²) >= 11 is 0. The zero-order valence-electron chi connectivity index (χ0n) is 12.5. The van der Waals surface area contributed by atoms with Crippen molar-refractivity contribution in [1.82, 2.24) is 4.57 Å². The number of aromatic nitrogens is 1. The fraction of sp³-hybridized carbons (Fsp3) is 0.111.